The molecule has 1 aliphatic carbocycles. The molecule has 0 amide bonds. The van der Waals surface area contributed by atoms with Gasteiger partial charge in [-0.05, 0) is 18.3 Å². The molecular formula is C11H21NO2. The Kier molecular flexibility index (Phi) is 2.91. The summed E-state index contributed by atoms with van der Waals surface area (Å²) in [6.07, 6.45) is 2.83. The Hall–Kier alpha value is -0.570. The van der Waals surface area contributed by atoms with Gasteiger partial charge in [0.25, 0.3) is 0 Å². The summed E-state index contributed by atoms with van der Waals surface area (Å²) >= 11 is 0. The predicted molar refractivity (Wildman–Crippen MR) is 55.7 cm³/mol. The highest BCUT2D eigenvalue weighted by molar-refractivity contribution is 5.78. The van der Waals surface area contributed by atoms with Gasteiger partial charge in [0.2, 0.25) is 0 Å². The Morgan fingerprint density at radius 3 is 2.14 bits per heavy atom. The highest BCUT2D eigenvalue weighted by Crippen LogP contribution is 2.48. The quantitative estimate of drug-likeness (QED) is 0.689. The maximum absolute atomic E-state index is 11.7. The van der Waals surface area contributed by atoms with Crippen LogP contribution in [-0.2, 0) is 9.53 Å². The zero-order valence-corrected chi connectivity index (χ0v) is 9.59. The van der Waals surface area contributed by atoms with Gasteiger partial charge >= 0.3 is 5.97 Å². The Labute approximate surface area is 86.0 Å². The van der Waals surface area contributed by atoms with Crippen LogP contribution in [0, 0.1) is 10.8 Å². The van der Waals surface area contributed by atoms with E-state index in [4.69, 9.17) is 10.5 Å². The molecule has 2 N–H and O–H groups in total. The number of carbonyl (C=O) groups is 1. The Bertz CT molecular complexity index is 226. The first kappa shape index (κ1) is 11.5. The first-order valence-electron chi connectivity index (χ1n) is 5.18. The fourth-order valence-electron chi connectivity index (χ4n) is 2.23. The van der Waals surface area contributed by atoms with Crippen LogP contribution in [0.25, 0.3) is 0 Å². The summed E-state index contributed by atoms with van der Waals surface area (Å²) in [6.45, 7) is 6.21. The van der Waals surface area contributed by atoms with Crippen molar-refractivity contribution in [3.63, 3.8) is 0 Å². The molecule has 0 spiro atoms. The minimum Gasteiger partial charge on any atom is -0.469 e. The van der Waals surface area contributed by atoms with Crippen LogP contribution in [0.1, 0.15) is 40.0 Å². The standard InChI is InChI=1S/C11H21NO2/c1-10(2,3)8(12)11(6-5-7-11)9(13)14-4/h8H,5-7,12H2,1-4H3. The van der Waals surface area contributed by atoms with Gasteiger partial charge in [-0.15, -0.1) is 0 Å². The zero-order valence-electron chi connectivity index (χ0n) is 9.59. The average molecular weight is 199 g/mol. The van der Waals surface area contributed by atoms with Gasteiger partial charge in [0.05, 0.1) is 12.5 Å². The fraction of sp³-hybridized carbons (Fsp3) is 0.909. The van der Waals surface area contributed by atoms with E-state index >= 15 is 0 Å². The largest absolute Gasteiger partial charge is 0.469 e. The third-order valence-corrected chi connectivity index (χ3v) is 3.37. The van der Waals surface area contributed by atoms with E-state index < -0.39 is 5.41 Å². The molecule has 0 aliphatic heterocycles. The summed E-state index contributed by atoms with van der Waals surface area (Å²) in [4.78, 5) is 11.7. The molecule has 0 radical (unpaired) electrons. The first-order chi connectivity index (χ1) is 6.34. The van der Waals surface area contributed by atoms with E-state index in [-0.39, 0.29) is 17.4 Å². The number of esters is 1. The Morgan fingerprint density at radius 2 is 1.93 bits per heavy atom. The molecule has 0 saturated heterocycles. The van der Waals surface area contributed by atoms with Gasteiger partial charge in [-0.2, -0.15) is 0 Å². The van der Waals surface area contributed by atoms with Crippen molar-refractivity contribution in [1.29, 1.82) is 0 Å². The van der Waals surface area contributed by atoms with E-state index in [1.807, 2.05) is 0 Å². The van der Waals surface area contributed by atoms with Crippen molar-refractivity contribution < 1.29 is 9.53 Å². The number of hydrogen-bond acceptors (Lipinski definition) is 3. The molecule has 0 aromatic heterocycles. The normalized spacial score (nSPS) is 22.4. The first-order valence-corrected chi connectivity index (χ1v) is 5.18. The lowest BCUT2D eigenvalue weighted by molar-refractivity contribution is -0.163. The van der Waals surface area contributed by atoms with Crippen molar-refractivity contribution in [3.05, 3.63) is 0 Å². The van der Waals surface area contributed by atoms with Crippen LogP contribution in [-0.4, -0.2) is 19.1 Å². The van der Waals surface area contributed by atoms with Crippen LogP contribution < -0.4 is 5.73 Å². The molecule has 1 atom stereocenters. The van der Waals surface area contributed by atoms with Gasteiger partial charge < -0.3 is 10.5 Å². The lowest BCUT2D eigenvalue weighted by Crippen LogP contribution is -2.58. The molecule has 1 saturated carbocycles. The smallest absolute Gasteiger partial charge is 0.313 e. The molecule has 0 bridgehead atoms. The van der Waals surface area contributed by atoms with E-state index in [0.29, 0.717) is 0 Å². The van der Waals surface area contributed by atoms with Gasteiger partial charge in [-0.1, -0.05) is 27.2 Å². The third kappa shape index (κ3) is 1.65. The number of carbonyl (C=O) groups excluding carboxylic acids is 1. The van der Waals surface area contributed by atoms with Crippen molar-refractivity contribution in [2.45, 2.75) is 46.1 Å². The minimum absolute atomic E-state index is 0.0470. The van der Waals surface area contributed by atoms with Gasteiger partial charge in [-0.25, -0.2) is 0 Å². The lowest BCUT2D eigenvalue weighted by atomic mass is 9.58. The maximum atomic E-state index is 11.7. The van der Waals surface area contributed by atoms with Crippen molar-refractivity contribution in [2.75, 3.05) is 7.11 Å². The van der Waals surface area contributed by atoms with E-state index in [0.717, 1.165) is 19.3 Å². The van der Waals surface area contributed by atoms with Gasteiger partial charge in [-0.3, -0.25) is 4.79 Å². The van der Waals surface area contributed by atoms with Crippen LogP contribution in [0.2, 0.25) is 0 Å². The van der Waals surface area contributed by atoms with E-state index in [9.17, 15) is 4.79 Å². The summed E-state index contributed by atoms with van der Waals surface area (Å²) < 4.78 is 4.85. The maximum Gasteiger partial charge on any atom is 0.313 e. The molecule has 3 nitrogen and oxygen atoms in total. The third-order valence-electron chi connectivity index (χ3n) is 3.37. The van der Waals surface area contributed by atoms with Crippen molar-refractivity contribution >= 4 is 5.97 Å². The summed E-state index contributed by atoms with van der Waals surface area (Å²) in [5, 5.41) is 0. The highest BCUT2D eigenvalue weighted by Gasteiger charge is 2.53. The van der Waals surface area contributed by atoms with Crippen LogP contribution in [0.4, 0.5) is 0 Å². The topological polar surface area (TPSA) is 52.3 Å². The molecule has 0 aromatic carbocycles. The molecular weight excluding hydrogens is 178 g/mol. The van der Waals surface area contributed by atoms with Gasteiger partial charge in [0, 0.05) is 6.04 Å². The van der Waals surface area contributed by atoms with Crippen molar-refractivity contribution in [1.82, 2.24) is 0 Å². The second-order valence-corrected chi connectivity index (χ2v) is 5.34. The summed E-state index contributed by atoms with van der Waals surface area (Å²) in [5.41, 5.74) is 5.71. The van der Waals surface area contributed by atoms with Gasteiger partial charge in [0.1, 0.15) is 0 Å². The molecule has 1 unspecified atom stereocenters. The molecule has 0 aromatic rings. The van der Waals surface area contributed by atoms with Gasteiger partial charge in [0.15, 0.2) is 0 Å². The molecule has 1 rings (SSSR count). The number of ether oxygens (including phenoxy) is 1. The molecule has 1 aliphatic rings. The van der Waals surface area contributed by atoms with Crippen molar-refractivity contribution in [2.24, 2.45) is 16.6 Å². The SMILES string of the molecule is COC(=O)C1(C(N)C(C)(C)C)CCC1. The van der Waals surface area contributed by atoms with Crippen LogP contribution in [0.15, 0.2) is 0 Å². The molecule has 3 heteroatoms. The van der Waals surface area contributed by atoms with Crippen LogP contribution in [0.3, 0.4) is 0 Å². The zero-order chi connectivity index (χ0) is 11.0. The molecule has 0 heterocycles. The second-order valence-electron chi connectivity index (χ2n) is 5.34. The number of nitrogens with two attached hydrogens (primary N) is 1. The Balaban J connectivity index is 2.85. The Morgan fingerprint density at radius 1 is 1.43 bits per heavy atom. The fourth-order valence-corrected chi connectivity index (χ4v) is 2.23. The number of methoxy groups -OCH3 is 1. The molecule has 82 valence electrons. The summed E-state index contributed by atoms with van der Waals surface area (Å²) in [7, 11) is 1.44. The second kappa shape index (κ2) is 3.54. The summed E-state index contributed by atoms with van der Waals surface area (Å²) in [5.74, 6) is -0.133. The number of hydrogen-bond donors (Lipinski definition) is 1. The van der Waals surface area contributed by atoms with Crippen LogP contribution >= 0.6 is 0 Å². The van der Waals surface area contributed by atoms with Crippen LogP contribution in [0.5, 0.6) is 0 Å². The molecule has 1 fully saturated rings. The lowest BCUT2D eigenvalue weighted by Gasteiger charge is -2.48. The average Bonchev–Trinajstić information content (AvgIpc) is 2.00. The van der Waals surface area contributed by atoms with E-state index in [1.165, 1.54) is 7.11 Å². The number of rotatable bonds is 2. The summed E-state index contributed by atoms with van der Waals surface area (Å²) in [6, 6.07) is -0.115. The van der Waals surface area contributed by atoms with Crippen molar-refractivity contribution in [3.8, 4) is 0 Å². The van der Waals surface area contributed by atoms with E-state index in [2.05, 4.69) is 20.8 Å². The monoisotopic (exact) mass is 199 g/mol. The minimum atomic E-state index is -0.410. The van der Waals surface area contributed by atoms with E-state index in [1.54, 1.807) is 0 Å². The highest BCUT2D eigenvalue weighted by atomic mass is 16.5. The molecule has 14 heavy (non-hydrogen) atoms. The predicted octanol–water partition coefficient (Wildman–Crippen LogP) is 1.70.